The number of para-hydroxylation sites is 1. The minimum Gasteiger partial charge on any atom is -0.370 e. The summed E-state index contributed by atoms with van der Waals surface area (Å²) >= 11 is 0. The number of likely N-dealkylation sites (tertiary alicyclic amines) is 1. The Balaban J connectivity index is 1.62. The van der Waals surface area contributed by atoms with Crippen LogP contribution in [-0.4, -0.2) is 36.1 Å². The van der Waals surface area contributed by atoms with Gasteiger partial charge in [0.15, 0.2) is 0 Å². The number of anilines is 1. The summed E-state index contributed by atoms with van der Waals surface area (Å²) in [5.74, 6) is 1.68. The van der Waals surface area contributed by atoms with E-state index >= 15 is 0 Å². The second kappa shape index (κ2) is 6.44. The molecule has 0 saturated carbocycles. The molecule has 3 nitrogen and oxygen atoms in total. The Bertz CT molecular complexity index is 602. The molecule has 3 heteroatoms. The van der Waals surface area contributed by atoms with Crippen LogP contribution >= 0.6 is 0 Å². The van der Waals surface area contributed by atoms with E-state index in [1.807, 2.05) is 6.07 Å². The topological polar surface area (TPSA) is 28.2 Å². The maximum atomic E-state index is 4.75. The van der Waals surface area contributed by atoms with Crippen molar-refractivity contribution in [1.29, 1.82) is 0 Å². The predicted octanol–water partition coefficient (Wildman–Crippen LogP) is 3.69. The van der Waals surface area contributed by atoms with Crippen LogP contribution in [0.4, 0.5) is 5.82 Å². The average Bonchev–Trinajstić information content (AvgIpc) is 2.98. The third-order valence-corrected chi connectivity index (χ3v) is 4.30. The first-order valence-electron chi connectivity index (χ1n) is 8.05. The van der Waals surface area contributed by atoms with Gasteiger partial charge >= 0.3 is 0 Å². The van der Waals surface area contributed by atoms with Gasteiger partial charge in [0.2, 0.25) is 0 Å². The third-order valence-electron chi connectivity index (χ3n) is 4.30. The molecule has 0 bridgehead atoms. The van der Waals surface area contributed by atoms with Crippen LogP contribution in [-0.2, 0) is 0 Å². The van der Waals surface area contributed by atoms with Crippen LogP contribution < -0.4 is 5.32 Å². The number of aryl methyl sites for hydroxylation is 1. The first-order valence-corrected chi connectivity index (χ1v) is 8.05. The lowest BCUT2D eigenvalue weighted by Gasteiger charge is -2.21. The Labute approximate surface area is 127 Å². The zero-order valence-corrected chi connectivity index (χ0v) is 13.1. The molecule has 1 aliphatic heterocycles. The molecule has 21 heavy (non-hydrogen) atoms. The summed E-state index contributed by atoms with van der Waals surface area (Å²) in [6.45, 7) is 9.19. The molecule has 1 fully saturated rings. The highest BCUT2D eigenvalue weighted by Gasteiger charge is 2.14. The number of pyridine rings is 1. The standard InChI is InChI=1S/C18H25N3/c1-14(13-21-9-5-6-10-21)12-19-18-15(2)11-16-7-3-4-8-17(16)20-18/h3-4,7-8,11,14H,5-6,9-10,12-13H2,1-2H3,(H,19,20). The molecule has 112 valence electrons. The van der Waals surface area contributed by atoms with E-state index < -0.39 is 0 Å². The molecule has 2 heterocycles. The maximum Gasteiger partial charge on any atom is 0.129 e. The normalized spacial score (nSPS) is 17.2. The zero-order chi connectivity index (χ0) is 14.7. The molecule has 0 spiro atoms. The lowest BCUT2D eigenvalue weighted by molar-refractivity contribution is 0.294. The average molecular weight is 283 g/mol. The number of hydrogen-bond donors (Lipinski definition) is 1. The van der Waals surface area contributed by atoms with E-state index in [1.165, 1.54) is 43.4 Å². The molecule has 0 aliphatic carbocycles. The molecule has 1 aromatic carbocycles. The van der Waals surface area contributed by atoms with Gasteiger partial charge in [-0.2, -0.15) is 0 Å². The monoisotopic (exact) mass is 283 g/mol. The molecule has 1 unspecified atom stereocenters. The number of benzene rings is 1. The van der Waals surface area contributed by atoms with E-state index in [9.17, 15) is 0 Å². The van der Waals surface area contributed by atoms with Crippen molar-refractivity contribution in [2.45, 2.75) is 26.7 Å². The molecule has 1 atom stereocenters. The number of rotatable bonds is 5. The molecular weight excluding hydrogens is 258 g/mol. The molecular formula is C18H25N3. The van der Waals surface area contributed by atoms with Crippen LogP contribution in [0.2, 0.25) is 0 Å². The summed E-state index contributed by atoms with van der Waals surface area (Å²) in [5.41, 5.74) is 2.29. The molecule has 0 radical (unpaired) electrons. The molecule has 1 saturated heterocycles. The molecule has 1 aliphatic rings. The van der Waals surface area contributed by atoms with Crippen LogP contribution in [0.5, 0.6) is 0 Å². The largest absolute Gasteiger partial charge is 0.370 e. The second-order valence-corrected chi connectivity index (χ2v) is 6.34. The van der Waals surface area contributed by atoms with E-state index in [0.717, 1.165) is 17.9 Å². The summed E-state index contributed by atoms with van der Waals surface area (Å²) < 4.78 is 0. The quantitative estimate of drug-likeness (QED) is 0.907. The minimum atomic E-state index is 0.649. The van der Waals surface area contributed by atoms with E-state index in [-0.39, 0.29) is 0 Å². The summed E-state index contributed by atoms with van der Waals surface area (Å²) in [4.78, 5) is 7.33. The zero-order valence-electron chi connectivity index (χ0n) is 13.1. The van der Waals surface area contributed by atoms with Crippen molar-refractivity contribution >= 4 is 16.7 Å². The van der Waals surface area contributed by atoms with Crippen molar-refractivity contribution in [2.24, 2.45) is 5.92 Å². The van der Waals surface area contributed by atoms with E-state index in [1.54, 1.807) is 0 Å². The Morgan fingerprint density at radius 3 is 2.81 bits per heavy atom. The van der Waals surface area contributed by atoms with E-state index in [0.29, 0.717) is 5.92 Å². The fraction of sp³-hybridized carbons (Fsp3) is 0.500. The van der Waals surface area contributed by atoms with Crippen molar-refractivity contribution in [3.63, 3.8) is 0 Å². The lowest BCUT2D eigenvalue weighted by atomic mass is 10.1. The first kappa shape index (κ1) is 14.3. The summed E-state index contributed by atoms with van der Waals surface area (Å²) in [7, 11) is 0. The van der Waals surface area contributed by atoms with Gasteiger partial charge in [-0.1, -0.05) is 25.1 Å². The Hall–Kier alpha value is -1.61. The molecule has 0 amide bonds. The lowest BCUT2D eigenvalue weighted by Crippen LogP contribution is -2.29. The fourth-order valence-electron chi connectivity index (χ4n) is 3.14. The number of nitrogens with zero attached hydrogens (tertiary/aromatic N) is 2. The third kappa shape index (κ3) is 3.53. The first-order chi connectivity index (χ1) is 10.2. The highest BCUT2D eigenvalue weighted by atomic mass is 15.1. The molecule has 1 N–H and O–H groups in total. The van der Waals surface area contributed by atoms with Crippen LogP contribution in [0.3, 0.4) is 0 Å². The van der Waals surface area contributed by atoms with Gasteiger partial charge in [0.25, 0.3) is 0 Å². The van der Waals surface area contributed by atoms with Crippen LogP contribution in [0, 0.1) is 12.8 Å². The fourth-order valence-corrected chi connectivity index (χ4v) is 3.14. The number of fused-ring (bicyclic) bond motifs is 1. The molecule has 3 rings (SSSR count). The van der Waals surface area contributed by atoms with Gasteiger partial charge in [0, 0.05) is 18.5 Å². The Kier molecular flexibility index (Phi) is 4.39. The Morgan fingerprint density at radius 2 is 2.00 bits per heavy atom. The van der Waals surface area contributed by atoms with Crippen molar-refractivity contribution in [2.75, 3.05) is 31.5 Å². The van der Waals surface area contributed by atoms with Crippen molar-refractivity contribution in [3.05, 3.63) is 35.9 Å². The van der Waals surface area contributed by atoms with Crippen molar-refractivity contribution in [3.8, 4) is 0 Å². The SMILES string of the molecule is Cc1cc2ccccc2nc1NCC(C)CN1CCCC1. The smallest absolute Gasteiger partial charge is 0.129 e. The van der Waals surface area contributed by atoms with E-state index in [2.05, 4.69) is 48.3 Å². The van der Waals surface area contributed by atoms with Crippen molar-refractivity contribution in [1.82, 2.24) is 9.88 Å². The summed E-state index contributed by atoms with van der Waals surface area (Å²) in [6.07, 6.45) is 2.73. The second-order valence-electron chi connectivity index (χ2n) is 6.34. The molecule has 1 aromatic heterocycles. The summed E-state index contributed by atoms with van der Waals surface area (Å²) in [5, 5.41) is 4.75. The Morgan fingerprint density at radius 1 is 1.24 bits per heavy atom. The van der Waals surface area contributed by atoms with Gasteiger partial charge in [-0.05, 0) is 56.5 Å². The number of aromatic nitrogens is 1. The summed E-state index contributed by atoms with van der Waals surface area (Å²) in [6, 6.07) is 10.5. The van der Waals surface area contributed by atoms with Gasteiger partial charge in [0.05, 0.1) is 5.52 Å². The van der Waals surface area contributed by atoms with Crippen LogP contribution in [0.1, 0.15) is 25.3 Å². The van der Waals surface area contributed by atoms with Gasteiger partial charge in [0.1, 0.15) is 5.82 Å². The number of nitrogens with one attached hydrogen (secondary N) is 1. The van der Waals surface area contributed by atoms with Crippen molar-refractivity contribution < 1.29 is 0 Å². The minimum absolute atomic E-state index is 0.649. The van der Waals surface area contributed by atoms with Gasteiger partial charge in [-0.25, -0.2) is 4.98 Å². The van der Waals surface area contributed by atoms with Gasteiger partial charge in [-0.3, -0.25) is 0 Å². The van der Waals surface area contributed by atoms with Crippen LogP contribution in [0.25, 0.3) is 10.9 Å². The van der Waals surface area contributed by atoms with Gasteiger partial charge in [-0.15, -0.1) is 0 Å². The highest BCUT2D eigenvalue weighted by molar-refractivity contribution is 5.81. The van der Waals surface area contributed by atoms with Gasteiger partial charge < -0.3 is 10.2 Å². The van der Waals surface area contributed by atoms with E-state index in [4.69, 9.17) is 4.98 Å². The van der Waals surface area contributed by atoms with Crippen LogP contribution in [0.15, 0.2) is 30.3 Å². The molecule has 2 aromatic rings. The maximum absolute atomic E-state index is 4.75. The highest BCUT2D eigenvalue weighted by Crippen LogP contribution is 2.20. The predicted molar refractivity (Wildman–Crippen MR) is 89.8 cm³/mol. The number of hydrogen-bond acceptors (Lipinski definition) is 3.